The highest BCUT2D eigenvalue weighted by Gasteiger charge is 2.09. The minimum atomic E-state index is -4.43. The van der Waals surface area contributed by atoms with Gasteiger partial charge in [0.05, 0.1) is 0 Å². The highest BCUT2D eigenvalue weighted by molar-refractivity contribution is 7.84. The Labute approximate surface area is 93.4 Å². The Balaban J connectivity index is 0. The molecular weight excluding hydrogens is 238 g/mol. The molecule has 0 atom stereocenters. The minimum Gasteiger partial charge on any atom is -0.478 e. The molecule has 92 valence electrons. The molecule has 0 aromatic carbocycles. The Morgan fingerprint density at radius 3 is 1.50 bits per heavy atom. The van der Waals surface area contributed by atoms with E-state index >= 15 is 0 Å². The number of amides is 1. The highest BCUT2D eigenvalue weighted by Crippen LogP contribution is 1.86. The third-order valence-electron chi connectivity index (χ3n) is 0.974. The summed E-state index contributed by atoms with van der Waals surface area (Å²) in [5, 5.41) is 7.89. The van der Waals surface area contributed by atoms with Crippen LogP contribution < -0.4 is 4.72 Å². The van der Waals surface area contributed by atoms with Crippen LogP contribution in [0.3, 0.4) is 0 Å². The fraction of sp³-hybridized carbons (Fsp3) is 0.250. The van der Waals surface area contributed by atoms with Crippen molar-refractivity contribution in [3.05, 3.63) is 24.3 Å². The van der Waals surface area contributed by atoms with E-state index in [0.29, 0.717) is 0 Å². The van der Waals surface area contributed by atoms with Crippen LogP contribution in [0, 0.1) is 0 Å². The van der Waals surface area contributed by atoms with Crippen molar-refractivity contribution >= 4 is 22.2 Å². The fourth-order valence-corrected chi connectivity index (χ4v) is 0.613. The molecule has 0 heterocycles. The van der Waals surface area contributed by atoms with Gasteiger partial charge in [-0.2, -0.15) is 8.42 Å². The molecule has 16 heavy (non-hydrogen) atoms. The van der Waals surface area contributed by atoms with Gasteiger partial charge in [-0.1, -0.05) is 13.2 Å². The second-order valence-corrected chi connectivity index (χ2v) is 3.93. The summed E-state index contributed by atoms with van der Waals surface area (Å²) in [4.78, 5) is 20.0. The molecule has 0 unspecified atom stereocenters. The van der Waals surface area contributed by atoms with Crippen LogP contribution in [-0.4, -0.2) is 30.0 Å². The first-order valence-corrected chi connectivity index (χ1v) is 5.25. The summed E-state index contributed by atoms with van der Waals surface area (Å²) in [7, 11) is -4.43. The zero-order valence-corrected chi connectivity index (χ0v) is 9.67. The minimum absolute atomic E-state index is 0.0117. The number of carboxylic acids is 1. The summed E-state index contributed by atoms with van der Waals surface area (Å²) in [6, 6.07) is 0. The maximum atomic E-state index is 10.4. The lowest BCUT2D eigenvalue weighted by Crippen LogP contribution is -2.29. The summed E-state index contributed by atoms with van der Waals surface area (Å²) in [5.41, 5.74) is 0.188. The normalized spacial score (nSPS) is 9.44. The molecular formula is C8H13NO6S. The summed E-state index contributed by atoms with van der Waals surface area (Å²) in [6.07, 6.45) is 0. The van der Waals surface area contributed by atoms with Gasteiger partial charge in [0.2, 0.25) is 0 Å². The maximum Gasteiger partial charge on any atom is 0.359 e. The average molecular weight is 251 g/mol. The molecule has 0 bridgehead atoms. The van der Waals surface area contributed by atoms with E-state index in [9.17, 15) is 18.0 Å². The van der Waals surface area contributed by atoms with Crippen molar-refractivity contribution in [2.45, 2.75) is 13.8 Å². The second-order valence-electron chi connectivity index (χ2n) is 2.77. The average Bonchev–Trinajstić information content (AvgIpc) is 2.01. The monoisotopic (exact) mass is 251 g/mol. The maximum absolute atomic E-state index is 10.4. The van der Waals surface area contributed by atoms with Crippen molar-refractivity contribution < 1.29 is 27.7 Å². The first kappa shape index (κ1) is 16.7. The molecule has 0 fully saturated rings. The number of carbonyl (C=O) groups excluding carboxylic acids is 1. The molecule has 0 saturated carbocycles. The van der Waals surface area contributed by atoms with Gasteiger partial charge in [0.25, 0.3) is 5.91 Å². The number of hydrogen-bond acceptors (Lipinski definition) is 4. The standard InChI is InChI=1S/C4H7NO4S.C4H6O2/c1-3(2)4(6)5-10(7,8)9;1-3(2)4(5)6/h1H2,2H3,(H,5,6)(H,7,8,9);1H2,2H3,(H,5,6). The second kappa shape index (κ2) is 6.75. The van der Waals surface area contributed by atoms with Crippen molar-refractivity contribution in [2.24, 2.45) is 0 Å². The first-order chi connectivity index (χ1) is 6.97. The molecule has 0 aliphatic rings. The van der Waals surface area contributed by atoms with Crippen LogP contribution in [0.5, 0.6) is 0 Å². The van der Waals surface area contributed by atoms with Crippen molar-refractivity contribution in [2.75, 3.05) is 0 Å². The van der Waals surface area contributed by atoms with Crippen LogP contribution in [-0.2, 0) is 19.9 Å². The Bertz CT molecular complexity index is 396. The molecule has 0 aromatic heterocycles. The third kappa shape index (κ3) is 12.3. The molecule has 0 aromatic rings. The summed E-state index contributed by atoms with van der Waals surface area (Å²) < 4.78 is 29.2. The molecule has 7 nitrogen and oxygen atoms in total. The highest BCUT2D eigenvalue weighted by atomic mass is 32.2. The van der Waals surface area contributed by atoms with Gasteiger partial charge in [-0.3, -0.25) is 9.35 Å². The van der Waals surface area contributed by atoms with Crippen molar-refractivity contribution in [1.29, 1.82) is 0 Å². The number of carboxylic acid groups (broad SMARTS) is 1. The number of aliphatic carboxylic acids is 1. The van der Waals surface area contributed by atoms with E-state index in [1.807, 2.05) is 0 Å². The van der Waals surface area contributed by atoms with Gasteiger partial charge in [-0.05, 0) is 13.8 Å². The lowest BCUT2D eigenvalue weighted by Gasteiger charge is -1.97. The van der Waals surface area contributed by atoms with Crippen LogP contribution in [0.25, 0.3) is 0 Å². The predicted octanol–water partition coefficient (Wildman–Crippen LogP) is 0.129. The molecule has 0 rings (SSSR count). The summed E-state index contributed by atoms with van der Waals surface area (Å²) in [6.45, 7) is 9.07. The molecule has 0 spiro atoms. The van der Waals surface area contributed by atoms with E-state index in [1.165, 1.54) is 18.6 Å². The topological polar surface area (TPSA) is 121 Å². The molecule has 0 saturated heterocycles. The van der Waals surface area contributed by atoms with Gasteiger partial charge in [0, 0.05) is 11.1 Å². The van der Waals surface area contributed by atoms with Crippen molar-refractivity contribution in [1.82, 2.24) is 4.72 Å². The van der Waals surface area contributed by atoms with Crippen LogP contribution in [0.4, 0.5) is 0 Å². The van der Waals surface area contributed by atoms with E-state index in [4.69, 9.17) is 9.66 Å². The van der Waals surface area contributed by atoms with Gasteiger partial charge >= 0.3 is 16.3 Å². The van der Waals surface area contributed by atoms with Gasteiger partial charge in [0.1, 0.15) is 0 Å². The van der Waals surface area contributed by atoms with Crippen molar-refractivity contribution in [3.8, 4) is 0 Å². The molecule has 3 N–H and O–H groups in total. The number of carbonyl (C=O) groups is 2. The molecule has 0 aliphatic carbocycles. The largest absolute Gasteiger partial charge is 0.478 e. The van der Waals surface area contributed by atoms with Crippen LogP contribution in [0.15, 0.2) is 24.3 Å². The van der Waals surface area contributed by atoms with Gasteiger partial charge in [0.15, 0.2) is 0 Å². The molecule has 8 heteroatoms. The predicted molar refractivity (Wildman–Crippen MR) is 57.0 cm³/mol. The van der Waals surface area contributed by atoms with E-state index in [-0.39, 0.29) is 11.1 Å². The Kier molecular flexibility index (Phi) is 7.06. The van der Waals surface area contributed by atoms with Crippen LogP contribution in [0.2, 0.25) is 0 Å². The zero-order valence-electron chi connectivity index (χ0n) is 8.85. The zero-order chi connectivity index (χ0) is 13.5. The Morgan fingerprint density at radius 2 is 1.44 bits per heavy atom. The van der Waals surface area contributed by atoms with Crippen molar-refractivity contribution in [3.63, 3.8) is 0 Å². The Hall–Kier alpha value is -1.67. The Morgan fingerprint density at radius 1 is 1.12 bits per heavy atom. The molecule has 1 amide bonds. The van der Waals surface area contributed by atoms with E-state index in [1.54, 1.807) is 0 Å². The summed E-state index contributed by atoms with van der Waals surface area (Å²) >= 11 is 0. The SMILES string of the molecule is C=C(C)C(=O)NS(=O)(=O)O.C=C(C)C(=O)O. The third-order valence-corrected chi connectivity index (χ3v) is 1.42. The van der Waals surface area contributed by atoms with Crippen LogP contribution in [0.1, 0.15) is 13.8 Å². The van der Waals surface area contributed by atoms with Gasteiger partial charge < -0.3 is 5.11 Å². The molecule has 0 radical (unpaired) electrons. The smallest absolute Gasteiger partial charge is 0.359 e. The number of nitrogens with one attached hydrogen (secondary N) is 1. The van der Waals surface area contributed by atoms with Crippen LogP contribution >= 0.6 is 0 Å². The van der Waals surface area contributed by atoms with Gasteiger partial charge in [-0.15, -0.1) is 0 Å². The summed E-state index contributed by atoms with van der Waals surface area (Å²) in [5.74, 6) is -1.85. The first-order valence-electron chi connectivity index (χ1n) is 3.81. The van der Waals surface area contributed by atoms with Gasteiger partial charge in [-0.25, -0.2) is 9.52 Å². The number of hydrogen-bond donors (Lipinski definition) is 3. The van der Waals surface area contributed by atoms with E-state index < -0.39 is 22.2 Å². The lowest BCUT2D eigenvalue weighted by atomic mass is 10.3. The quantitative estimate of drug-likeness (QED) is 0.484. The molecule has 0 aliphatic heterocycles. The number of rotatable bonds is 3. The van der Waals surface area contributed by atoms with E-state index in [0.717, 1.165) is 0 Å². The fourth-order valence-electron chi connectivity index (χ4n) is 0.204. The van der Waals surface area contributed by atoms with E-state index in [2.05, 4.69) is 13.2 Å². The lowest BCUT2D eigenvalue weighted by molar-refractivity contribution is -0.132.